The van der Waals surface area contributed by atoms with Crippen LogP contribution in [0.1, 0.15) is 48.3 Å². The molecule has 5 rings (SSSR count). The van der Waals surface area contributed by atoms with Crippen LogP contribution in [0.2, 0.25) is 0 Å². The minimum atomic E-state index is -0.586. The van der Waals surface area contributed by atoms with Crippen molar-refractivity contribution in [3.63, 3.8) is 0 Å². The molecule has 41 heavy (non-hydrogen) atoms. The molecule has 1 aliphatic heterocycles. The average molecular weight is 555 g/mol. The Kier molecular flexibility index (Phi) is 7.92. The van der Waals surface area contributed by atoms with Gasteiger partial charge < -0.3 is 10.1 Å². The molecule has 1 N–H and O–H groups in total. The summed E-state index contributed by atoms with van der Waals surface area (Å²) < 4.78 is 20.6. The summed E-state index contributed by atoms with van der Waals surface area (Å²) in [6.45, 7) is 8.84. The maximum absolute atomic E-state index is 14.4. The number of ether oxygens (including phenoxy) is 1. The van der Waals surface area contributed by atoms with Gasteiger partial charge in [-0.3, -0.25) is 24.0 Å². The highest BCUT2D eigenvalue weighted by molar-refractivity contribution is 6.07. The molecule has 10 heteroatoms. The second-order valence-electron chi connectivity index (χ2n) is 10.7. The number of benzene rings is 1. The molecule has 1 aliphatic rings. The van der Waals surface area contributed by atoms with Crippen LogP contribution >= 0.6 is 0 Å². The number of halogens is 1. The quantitative estimate of drug-likeness (QED) is 0.366. The Morgan fingerprint density at radius 1 is 1.15 bits per heavy atom. The summed E-state index contributed by atoms with van der Waals surface area (Å²) >= 11 is 0. The smallest absolute Gasteiger partial charge is 0.265 e. The first-order chi connectivity index (χ1) is 19.7. The van der Waals surface area contributed by atoms with Gasteiger partial charge in [-0.2, -0.15) is 5.26 Å². The molecule has 0 bridgehead atoms. The molecule has 3 aromatic heterocycles. The third-order valence-electron chi connectivity index (χ3n) is 7.53. The summed E-state index contributed by atoms with van der Waals surface area (Å²) in [5.74, 6) is -0.967. The summed E-state index contributed by atoms with van der Waals surface area (Å²) in [5, 5.41) is 12.8. The van der Waals surface area contributed by atoms with Gasteiger partial charge in [0.15, 0.2) is 0 Å². The normalized spacial score (nSPS) is 14.9. The standard InChI is InChI=1S/C31H31FN6O3/c1-20(22-7-9-23(32)10-8-22)36-29(39)27-26(25-11-6-21(17-33)18-35-25)24-5-4-12-34-28(24)38(30(27)40)19-31(2,3)37-13-15-41-16-14-37/h4-12,18,20H,13-16,19H2,1-3H3,(H,36,39). The topological polar surface area (TPSA) is 113 Å². The van der Waals surface area contributed by atoms with E-state index in [9.17, 15) is 19.2 Å². The van der Waals surface area contributed by atoms with E-state index in [-0.39, 0.29) is 17.9 Å². The van der Waals surface area contributed by atoms with Crippen molar-refractivity contribution in [2.45, 2.75) is 38.9 Å². The Labute approximate surface area is 237 Å². The number of rotatable bonds is 7. The van der Waals surface area contributed by atoms with E-state index in [1.807, 2.05) is 12.1 Å². The Bertz CT molecular complexity index is 1670. The summed E-state index contributed by atoms with van der Waals surface area (Å²) in [6.07, 6.45) is 3.03. The fraction of sp³-hybridized carbons (Fsp3) is 0.323. The average Bonchev–Trinajstić information content (AvgIpc) is 2.99. The molecule has 1 atom stereocenters. The van der Waals surface area contributed by atoms with Crippen LogP contribution in [0.25, 0.3) is 22.3 Å². The first-order valence-corrected chi connectivity index (χ1v) is 13.5. The number of fused-ring (bicyclic) bond motifs is 1. The second kappa shape index (κ2) is 11.6. The van der Waals surface area contributed by atoms with Crippen LogP contribution in [0.15, 0.2) is 65.7 Å². The SMILES string of the molecule is CC(NC(=O)c1c(-c2ccc(C#N)cn2)c2cccnc2n(CC(C)(C)N2CCOCC2)c1=O)c1ccc(F)cc1. The van der Waals surface area contributed by atoms with Crippen LogP contribution in [0.5, 0.6) is 0 Å². The van der Waals surface area contributed by atoms with Crippen LogP contribution in [-0.2, 0) is 11.3 Å². The van der Waals surface area contributed by atoms with Gasteiger partial charge >= 0.3 is 0 Å². The Morgan fingerprint density at radius 3 is 2.54 bits per heavy atom. The van der Waals surface area contributed by atoms with Crippen molar-refractivity contribution in [2.24, 2.45) is 0 Å². The third-order valence-corrected chi connectivity index (χ3v) is 7.53. The van der Waals surface area contributed by atoms with E-state index in [4.69, 9.17) is 4.74 Å². The predicted octanol–water partition coefficient (Wildman–Crippen LogP) is 4.07. The van der Waals surface area contributed by atoms with E-state index in [0.717, 1.165) is 13.1 Å². The molecule has 0 spiro atoms. The molecular formula is C31H31FN6O3. The van der Waals surface area contributed by atoms with Gasteiger partial charge in [0.05, 0.1) is 30.5 Å². The molecule has 4 aromatic rings. The minimum Gasteiger partial charge on any atom is -0.379 e. The maximum atomic E-state index is 14.4. The molecule has 1 aromatic carbocycles. The fourth-order valence-electron chi connectivity index (χ4n) is 5.27. The molecule has 0 aliphatic carbocycles. The Morgan fingerprint density at radius 2 is 1.88 bits per heavy atom. The Hall–Kier alpha value is -4.46. The number of hydrogen-bond donors (Lipinski definition) is 1. The van der Waals surface area contributed by atoms with Crippen molar-refractivity contribution in [1.82, 2.24) is 24.8 Å². The molecule has 4 heterocycles. The lowest BCUT2D eigenvalue weighted by molar-refractivity contribution is -0.0156. The number of carbonyl (C=O) groups excluding carboxylic acids is 1. The van der Waals surface area contributed by atoms with Crippen molar-refractivity contribution in [2.75, 3.05) is 26.3 Å². The number of nitriles is 1. The maximum Gasteiger partial charge on any atom is 0.265 e. The van der Waals surface area contributed by atoms with Crippen molar-refractivity contribution >= 4 is 16.9 Å². The van der Waals surface area contributed by atoms with E-state index >= 15 is 0 Å². The van der Waals surface area contributed by atoms with Crippen molar-refractivity contribution in [3.05, 3.63) is 93.8 Å². The first-order valence-electron chi connectivity index (χ1n) is 13.5. The van der Waals surface area contributed by atoms with Crippen molar-refractivity contribution in [3.8, 4) is 17.3 Å². The van der Waals surface area contributed by atoms with Crippen LogP contribution in [0.3, 0.4) is 0 Å². The molecule has 1 unspecified atom stereocenters. The summed E-state index contributed by atoms with van der Waals surface area (Å²) in [5.41, 5.74) is 1.17. The number of amides is 1. The van der Waals surface area contributed by atoms with Crippen LogP contribution < -0.4 is 10.9 Å². The summed E-state index contributed by atoms with van der Waals surface area (Å²) in [7, 11) is 0. The number of morpholine rings is 1. The zero-order chi connectivity index (χ0) is 29.1. The molecular weight excluding hydrogens is 523 g/mol. The third kappa shape index (κ3) is 5.73. The highest BCUT2D eigenvalue weighted by atomic mass is 19.1. The fourth-order valence-corrected chi connectivity index (χ4v) is 5.27. The lowest BCUT2D eigenvalue weighted by Gasteiger charge is -2.41. The highest BCUT2D eigenvalue weighted by Gasteiger charge is 2.32. The predicted molar refractivity (Wildman–Crippen MR) is 153 cm³/mol. The minimum absolute atomic E-state index is 0.0746. The number of hydrogen-bond acceptors (Lipinski definition) is 7. The molecule has 0 radical (unpaired) electrons. The molecule has 1 fully saturated rings. The van der Waals surface area contributed by atoms with E-state index in [1.54, 1.807) is 48.0 Å². The number of nitrogens with zero attached hydrogens (tertiary/aromatic N) is 5. The summed E-state index contributed by atoms with van der Waals surface area (Å²) in [6, 6.07) is 14.2. The summed E-state index contributed by atoms with van der Waals surface area (Å²) in [4.78, 5) is 39.6. The number of aromatic nitrogens is 3. The highest BCUT2D eigenvalue weighted by Crippen LogP contribution is 2.30. The largest absolute Gasteiger partial charge is 0.379 e. The lowest BCUT2D eigenvalue weighted by atomic mass is 9.97. The zero-order valence-electron chi connectivity index (χ0n) is 23.2. The molecule has 9 nitrogen and oxygen atoms in total. The van der Waals surface area contributed by atoms with Gasteiger partial charge in [-0.05, 0) is 62.7 Å². The molecule has 0 saturated carbocycles. The number of nitrogens with one attached hydrogen (secondary N) is 1. The van der Waals surface area contributed by atoms with Crippen LogP contribution in [-0.4, -0.2) is 57.2 Å². The van der Waals surface area contributed by atoms with Crippen LogP contribution in [0, 0.1) is 17.1 Å². The Balaban J connectivity index is 1.68. The van der Waals surface area contributed by atoms with E-state index in [1.165, 1.54) is 18.3 Å². The lowest BCUT2D eigenvalue weighted by Crippen LogP contribution is -2.53. The van der Waals surface area contributed by atoms with Gasteiger partial charge in [0.25, 0.3) is 11.5 Å². The monoisotopic (exact) mass is 554 g/mol. The van der Waals surface area contributed by atoms with Gasteiger partial charge in [-0.25, -0.2) is 9.37 Å². The first kappa shape index (κ1) is 28.1. The van der Waals surface area contributed by atoms with Gasteiger partial charge in [0.2, 0.25) is 0 Å². The van der Waals surface area contributed by atoms with Gasteiger partial charge in [-0.1, -0.05) is 12.1 Å². The van der Waals surface area contributed by atoms with E-state index < -0.39 is 23.0 Å². The van der Waals surface area contributed by atoms with Gasteiger partial charge in [-0.15, -0.1) is 0 Å². The van der Waals surface area contributed by atoms with E-state index in [0.29, 0.717) is 46.6 Å². The molecule has 1 saturated heterocycles. The number of pyridine rings is 3. The molecule has 1 amide bonds. The van der Waals surface area contributed by atoms with Crippen LogP contribution in [0.4, 0.5) is 4.39 Å². The van der Waals surface area contributed by atoms with Gasteiger partial charge in [0, 0.05) is 48.5 Å². The van der Waals surface area contributed by atoms with E-state index in [2.05, 4.69) is 34.0 Å². The molecule has 210 valence electrons. The van der Waals surface area contributed by atoms with Crippen molar-refractivity contribution in [1.29, 1.82) is 5.26 Å². The van der Waals surface area contributed by atoms with Crippen molar-refractivity contribution < 1.29 is 13.9 Å². The van der Waals surface area contributed by atoms with Gasteiger partial charge in [0.1, 0.15) is 23.1 Å². The number of carbonyl (C=O) groups is 1. The zero-order valence-corrected chi connectivity index (χ0v) is 23.2. The second-order valence-corrected chi connectivity index (χ2v) is 10.7.